The van der Waals surface area contributed by atoms with Crippen LogP contribution >= 0.6 is 0 Å². The van der Waals surface area contributed by atoms with E-state index in [4.69, 9.17) is 0 Å². The minimum Gasteiger partial charge on any atom is -0.314 e. The molecule has 0 amide bonds. The van der Waals surface area contributed by atoms with E-state index in [1.807, 2.05) is 0 Å². The van der Waals surface area contributed by atoms with Crippen LogP contribution < -0.4 is 5.32 Å². The lowest BCUT2D eigenvalue weighted by molar-refractivity contribution is 0.263. The Morgan fingerprint density at radius 2 is 2.05 bits per heavy atom. The molecule has 2 aliphatic rings. The maximum Gasteiger partial charge on any atom is 0.281 e. The largest absolute Gasteiger partial charge is 0.314 e. The van der Waals surface area contributed by atoms with Crippen molar-refractivity contribution in [3.05, 3.63) is 0 Å². The fourth-order valence-corrected chi connectivity index (χ4v) is 4.12. The van der Waals surface area contributed by atoms with E-state index in [0.717, 1.165) is 25.8 Å². The summed E-state index contributed by atoms with van der Waals surface area (Å²) in [4.78, 5) is 0. The molecule has 0 radical (unpaired) electrons. The third kappa shape index (κ3) is 4.41. The second-order valence-electron chi connectivity index (χ2n) is 6.02. The highest BCUT2D eigenvalue weighted by molar-refractivity contribution is 7.86. The molecule has 0 aromatic rings. The van der Waals surface area contributed by atoms with Gasteiger partial charge in [0.15, 0.2) is 0 Å². The lowest BCUT2D eigenvalue weighted by Crippen LogP contribution is -2.46. The second-order valence-corrected chi connectivity index (χ2v) is 8.05. The first kappa shape index (κ1) is 15.2. The van der Waals surface area contributed by atoms with Crippen LogP contribution in [0.4, 0.5) is 0 Å². The van der Waals surface area contributed by atoms with E-state index in [9.17, 15) is 8.42 Å². The molecule has 1 aliphatic heterocycles. The first-order valence-corrected chi connectivity index (χ1v) is 8.84. The van der Waals surface area contributed by atoms with Gasteiger partial charge in [0.25, 0.3) is 10.2 Å². The number of nitrogens with one attached hydrogen (secondary N) is 1. The van der Waals surface area contributed by atoms with E-state index in [0.29, 0.717) is 31.6 Å². The van der Waals surface area contributed by atoms with Crippen LogP contribution in [-0.2, 0) is 10.2 Å². The number of hydrogen-bond acceptors (Lipinski definition) is 3. The Labute approximate surface area is 117 Å². The van der Waals surface area contributed by atoms with Crippen LogP contribution in [0, 0.1) is 5.92 Å². The molecule has 6 heteroatoms. The average molecular weight is 289 g/mol. The van der Waals surface area contributed by atoms with E-state index in [2.05, 4.69) is 12.2 Å². The van der Waals surface area contributed by atoms with Gasteiger partial charge in [0.1, 0.15) is 0 Å². The summed E-state index contributed by atoms with van der Waals surface area (Å²) in [6.45, 7) is 5.00. The van der Waals surface area contributed by atoms with Gasteiger partial charge in [-0.3, -0.25) is 0 Å². The summed E-state index contributed by atoms with van der Waals surface area (Å²) in [5.74, 6) is 0.480. The summed E-state index contributed by atoms with van der Waals surface area (Å²) >= 11 is 0. The van der Waals surface area contributed by atoms with Crippen molar-refractivity contribution in [1.82, 2.24) is 13.9 Å². The van der Waals surface area contributed by atoms with Gasteiger partial charge in [-0.2, -0.15) is 17.0 Å². The minimum absolute atomic E-state index is 0.480. The molecule has 1 N–H and O–H groups in total. The first-order valence-electron chi connectivity index (χ1n) is 7.45. The quantitative estimate of drug-likeness (QED) is 0.713. The van der Waals surface area contributed by atoms with Crippen LogP contribution in [0.25, 0.3) is 0 Å². The predicted octanol–water partition coefficient (Wildman–Crippen LogP) is 1.04. The van der Waals surface area contributed by atoms with Crippen LogP contribution in [0.15, 0.2) is 0 Å². The monoisotopic (exact) mass is 289 g/mol. The second kappa shape index (κ2) is 6.52. The molecule has 0 aromatic carbocycles. The third-order valence-corrected chi connectivity index (χ3v) is 5.95. The van der Waals surface area contributed by atoms with Crippen LogP contribution in [0.1, 0.15) is 39.0 Å². The topological polar surface area (TPSA) is 52.7 Å². The lowest BCUT2D eigenvalue weighted by atomic mass is 10.0. The summed E-state index contributed by atoms with van der Waals surface area (Å²) < 4.78 is 28.0. The van der Waals surface area contributed by atoms with Crippen molar-refractivity contribution in [3.8, 4) is 0 Å². The summed E-state index contributed by atoms with van der Waals surface area (Å²) in [5, 5.41) is 3.41. The summed E-state index contributed by atoms with van der Waals surface area (Å²) in [7, 11) is -1.54. The normalized spacial score (nSPS) is 25.9. The Morgan fingerprint density at radius 1 is 1.32 bits per heavy atom. The molecule has 0 aromatic heterocycles. The van der Waals surface area contributed by atoms with Gasteiger partial charge in [-0.1, -0.05) is 6.92 Å². The molecule has 2 fully saturated rings. The van der Waals surface area contributed by atoms with Crippen molar-refractivity contribution in [2.75, 3.05) is 33.2 Å². The molecule has 0 bridgehead atoms. The number of hydrogen-bond donors (Lipinski definition) is 1. The average Bonchev–Trinajstić information content (AvgIpc) is 3.18. The molecule has 0 spiro atoms. The van der Waals surface area contributed by atoms with Gasteiger partial charge in [0.2, 0.25) is 0 Å². The van der Waals surface area contributed by atoms with E-state index in [1.165, 1.54) is 17.1 Å². The zero-order valence-electron chi connectivity index (χ0n) is 12.1. The Balaban J connectivity index is 1.76. The Hall–Kier alpha value is -0.170. The summed E-state index contributed by atoms with van der Waals surface area (Å²) in [6, 6.07) is 0.699. The van der Waals surface area contributed by atoms with E-state index in [-0.39, 0.29) is 0 Å². The van der Waals surface area contributed by atoms with E-state index < -0.39 is 10.2 Å². The number of nitrogens with zero attached hydrogens (tertiary/aromatic N) is 2. The molecule has 1 unspecified atom stereocenters. The van der Waals surface area contributed by atoms with Crippen molar-refractivity contribution in [2.45, 2.75) is 45.1 Å². The van der Waals surface area contributed by atoms with Crippen LogP contribution in [0.5, 0.6) is 0 Å². The molecule has 1 atom stereocenters. The van der Waals surface area contributed by atoms with Crippen LogP contribution in [0.2, 0.25) is 0 Å². The Morgan fingerprint density at radius 3 is 2.68 bits per heavy atom. The predicted molar refractivity (Wildman–Crippen MR) is 77.2 cm³/mol. The molecule has 1 saturated carbocycles. The van der Waals surface area contributed by atoms with Gasteiger partial charge in [-0.15, -0.1) is 0 Å². The summed E-state index contributed by atoms with van der Waals surface area (Å²) in [6.07, 6.45) is 5.56. The summed E-state index contributed by atoms with van der Waals surface area (Å²) in [5.41, 5.74) is 0. The van der Waals surface area contributed by atoms with E-state index in [1.54, 1.807) is 11.4 Å². The fraction of sp³-hybridized carbons (Fsp3) is 1.00. The maximum atomic E-state index is 12.4. The van der Waals surface area contributed by atoms with Gasteiger partial charge in [0, 0.05) is 32.7 Å². The smallest absolute Gasteiger partial charge is 0.281 e. The maximum absolute atomic E-state index is 12.4. The van der Waals surface area contributed by atoms with Crippen LogP contribution in [0.3, 0.4) is 0 Å². The highest BCUT2D eigenvalue weighted by Gasteiger charge is 2.30. The van der Waals surface area contributed by atoms with Gasteiger partial charge < -0.3 is 5.32 Å². The van der Waals surface area contributed by atoms with E-state index >= 15 is 0 Å². The van der Waals surface area contributed by atoms with Crippen molar-refractivity contribution in [1.29, 1.82) is 0 Å². The number of rotatable bonds is 7. The third-order valence-electron chi connectivity index (χ3n) is 4.00. The van der Waals surface area contributed by atoms with Gasteiger partial charge >= 0.3 is 0 Å². The minimum atomic E-state index is -3.24. The molecular weight excluding hydrogens is 262 g/mol. The molecule has 2 rings (SSSR count). The fourth-order valence-electron chi connectivity index (χ4n) is 2.56. The van der Waals surface area contributed by atoms with Crippen molar-refractivity contribution >= 4 is 10.2 Å². The Bertz CT molecular complexity index is 381. The van der Waals surface area contributed by atoms with Crippen molar-refractivity contribution in [2.24, 2.45) is 5.92 Å². The standard InChI is InChI=1S/C13H27N3O2S/c1-12-5-3-10-16(11-12)19(17,18)15(2)9-4-8-14-13-6-7-13/h12-14H,3-11H2,1-2H3. The molecular formula is C13H27N3O2S. The SMILES string of the molecule is CC1CCCN(S(=O)(=O)N(C)CCCNC2CC2)C1. The molecule has 1 aliphatic carbocycles. The first-order chi connectivity index (χ1) is 9.00. The lowest BCUT2D eigenvalue weighted by Gasteiger charge is -2.33. The number of piperidine rings is 1. The van der Waals surface area contributed by atoms with Crippen molar-refractivity contribution in [3.63, 3.8) is 0 Å². The van der Waals surface area contributed by atoms with Crippen LogP contribution in [-0.4, -0.2) is 56.3 Å². The molecule has 1 heterocycles. The molecule has 112 valence electrons. The molecule has 1 saturated heterocycles. The zero-order chi connectivity index (χ0) is 13.9. The molecule has 5 nitrogen and oxygen atoms in total. The van der Waals surface area contributed by atoms with Gasteiger partial charge in [-0.05, 0) is 44.6 Å². The van der Waals surface area contributed by atoms with Gasteiger partial charge in [-0.25, -0.2) is 0 Å². The zero-order valence-corrected chi connectivity index (χ0v) is 13.0. The van der Waals surface area contributed by atoms with Crippen molar-refractivity contribution < 1.29 is 8.42 Å². The van der Waals surface area contributed by atoms with Gasteiger partial charge in [0.05, 0.1) is 0 Å². The highest BCUT2D eigenvalue weighted by atomic mass is 32.2. The molecule has 19 heavy (non-hydrogen) atoms. The Kier molecular flexibility index (Phi) is 5.22. The highest BCUT2D eigenvalue weighted by Crippen LogP contribution is 2.20.